The number of amides is 2. The van der Waals surface area contributed by atoms with Gasteiger partial charge in [0.1, 0.15) is 6.04 Å². The Bertz CT molecular complexity index is 507. The van der Waals surface area contributed by atoms with Crippen LogP contribution in [0.5, 0.6) is 0 Å². The molecule has 18 heavy (non-hydrogen) atoms. The topological polar surface area (TPSA) is 49.4 Å². The van der Waals surface area contributed by atoms with E-state index in [2.05, 4.69) is 43.8 Å². The van der Waals surface area contributed by atoms with Gasteiger partial charge in [-0.2, -0.15) is 0 Å². The minimum atomic E-state index is -0.420. The van der Waals surface area contributed by atoms with Crippen LogP contribution in [0, 0.1) is 3.57 Å². The zero-order valence-corrected chi connectivity index (χ0v) is 13.5. The van der Waals surface area contributed by atoms with Gasteiger partial charge in [0.2, 0.25) is 5.91 Å². The van der Waals surface area contributed by atoms with Crippen LogP contribution in [0.25, 0.3) is 0 Å². The van der Waals surface area contributed by atoms with Crippen molar-refractivity contribution in [1.29, 1.82) is 0 Å². The average molecular weight is 423 g/mol. The van der Waals surface area contributed by atoms with E-state index in [0.717, 1.165) is 8.04 Å². The van der Waals surface area contributed by atoms with Crippen LogP contribution in [0.3, 0.4) is 0 Å². The first-order chi connectivity index (χ1) is 8.50. The Kier molecular flexibility index (Phi) is 4.26. The highest BCUT2D eigenvalue weighted by Crippen LogP contribution is 2.22. The van der Waals surface area contributed by atoms with Crippen molar-refractivity contribution in [2.75, 3.05) is 13.1 Å². The lowest BCUT2D eigenvalue weighted by molar-refractivity contribution is -0.127. The minimum Gasteiger partial charge on any atom is -0.353 e. The molecule has 0 saturated carbocycles. The van der Waals surface area contributed by atoms with Crippen LogP contribution in [0.4, 0.5) is 0 Å². The summed E-state index contributed by atoms with van der Waals surface area (Å²) < 4.78 is 1.75. The maximum atomic E-state index is 12.4. The molecule has 0 aliphatic carbocycles. The third-order valence-corrected chi connectivity index (χ3v) is 4.28. The Hall–Kier alpha value is -0.630. The van der Waals surface area contributed by atoms with Crippen molar-refractivity contribution >= 4 is 50.3 Å². The van der Waals surface area contributed by atoms with Crippen molar-refractivity contribution in [3.05, 3.63) is 31.8 Å². The first-order valence-corrected chi connectivity index (χ1v) is 7.41. The molecule has 1 atom stereocenters. The molecule has 2 rings (SSSR count). The molecule has 1 aromatic rings. The van der Waals surface area contributed by atoms with E-state index in [4.69, 9.17) is 0 Å². The van der Waals surface area contributed by atoms with Crippen molar-refractivity contribution in [2.24, 2.45) is 0 Å². The number of rotatable bonds is 1. The molecule has 1 aromatic carbocycles. The highest BCUT2D eigenvalue weighted by atomic mass is 127. The van der Waals surface area contributed by atoms with E-state index in [9.17, 15) is 9.59 Å². The zero-order chi connectivity index (χ0) is 13.3. The van der Waals surface area contributed by atoms with Crippen LogP contribution >= 0.6 is 38.5 Å². The molecule has 1 N–H and O–H groups in total. The average Bonchev–Trinajstić information content (AvgIpc) is 2.35. The van der Waals surface area contributed by atoms with Crippen molar-refractivity contribution < 1.29 is 9.59 Å². The third-order valence-electron chi connectivity index (χ3n) is 2.92. The van der Waals surface area contributed by atoms with Gasteiger partial charge in [-0.05, 0) is 63.6 Å². The van der Waals surface area contributed by atoms with Gasteiger partial charge in [0.15, 0.2) is 0 Å². The number of halogens is 2. The Morgan fingerprint density at radius 3 is 3.00 bits per heavy atom. The second kappa shape index (κ2) is 5.56. The monoisotopic (exact) mass is 422 g/mol. The quantitative estimate of drug-likeness (QED) is 0.704. The van der Waals surface area contributed by atoms with Crippen LogP contribution in [-0.4, -0.2) is 35.8 Å². The summed E-state index contributed by atoms with van der Waals surface area (Å²) in [7, 11) is 0. The van der Waals surface area contributed by atoms with E-state index in [1.807, 2.05) is 18.2 Å². The maximum absolute atomic E-state index is 12.4. The lowest BCUT2D eigenvalue weighted by atomic mass is 10.1. The molecule has 0 bridgehead atoms. The summed E-state index contributed by atoms with van der Waals surface area (Å²) in [6.07, 6.45) is 0. The van der Waals surface area contributed by atoms with E-state index in [1.165, 1.54) is 0 Å². The molecule has 1 aliphatic heterocycles. The molecular weight excluding hydrogens is 411 g/mol. The molecule has 6 heteroatoms. The van der Waals surface area contributed by atoms with Gasteiger partial charge in [-0.15, -0.1) is 0 Å². The van der Waals surface area contributed by atoms with Gasteiger partial charge in [-0.3, -0.25) is 9.59 Å². The Balaban J connectivity index is 2.30. The molecule has 0 radical (unpaired) electrons. The van der Waals surface area contributed by atoms with Crippen LogP contribution in [0.1, 0.15) is 17.3 Å². The largest absolute Gasteiger partial charge is 0.353 e. The molecule has 0 spiro atoms. The van der Waals surface area contributed by atoms with Crippen LogP contribution in [-0.2, 0) is 4.79 Å². The molecule has 1 saturated heterocycles. The normalized spacial score (nSPS) is 19.6. The van der Waals surface area contributed by atoms with Crippen LogP contribution in [0.2, 0.25) is 0 Å². The van der Waals surface area contributed by atoms with Crippen molar-refractivity contribution in [3.63, 3.8) is 0 Å². The standard InChI is InChI=1S/C12H12BrIN2O2/c1-7-11(17)15-4-5-16(7)12(18)9-6-8(14)2-3-10(9)13/h2-3,6-7H,4-5H2,1H3,(H,15,17). The Labute approximate surface area is 127 Å². The number of carbonyl (C=O) groups excluding carboxylic acids is 2. The lowest BCUT2D eigenvalue weighted by Crippen LogP contribution is -2.55. The fourth-order valence-electron chi connectivity index (χ4n) is 1.88. The fraction of sp³-hybridized carbons (Fsp3) is 0.333. The molecule has 96 valence electrons. The summed E-state index contributed by atoms with van der Waals surface area (Å²) in [6.45, 7) is 2.80. The third kappa shape index (κ3) is 2.69. The number of hydrogen-bond donors (Lipinski definition) is 1. The van der Waals surface area contributed by atoms with E-state index in [-0.39, 0.29) is 11.8 Å². The van der Waals surface area contributed by atoms with Gasteiger partial charge in [-0.25, -0.2) is 0 Å². The predicted octanol–water partition coefficient (Wildman–Crippen LogP) is 2.01. The SMILES string of the molecule is CC1C(=O)NCCN1C(=O)c1cc(I)ccc1Br. The minimum absolute atomic E-state index is 0.101. The predicted molar refractivity (Wildman–Crippen MR) is 80.4 cm³/mol. The molecule has 4 nitrogen and oxygen atoms in total. The lowest BCUT2D eigenvalue weighted by Gasteiger charge is -2.33. The Morgan fingerprint density at radius 2 is 2.28 bits per heavy atom. The van der Waals surface area contributed by atoms with Crippen molar-refractivity contribution in [3.8, 4) is 0 Å². The van der Waals surface area contributed by atoms with Crippen LogP contribution in [0.15, 0.2) is 22.7 Å². The first-order valence-electron chi connectivity index (χ1n) is 5.54. The van der Waals surface area contributed by atoms with E-state index >= 15 is 0 Å². The van der Waals surface area contributed by atoms with E-state index < -0.39 is 6.04 Å². The summed E-state index contributed by atoms with van der Waals surface area (Å²) in [5.74, 6) is -0.209. The molecule has 1 aliphatic rings. The smallest absolute Gasteiger partial charge is 0.255 e. The second-order valence-electron chi connectivity index (χ2n) is 4.09. The number of piperazine rings is 1. The molecular formula is C12H12BrIN2O2. The number of nitrogens with one attached hydrogen (secondary N) is 1. The van der Waals surface area contributed by atoms with E-state index in [0.29, 0.717) is 18.7 Å². The highest BCUT2D eigenvalue weighted by molar-refractivity contribution is 14.1. The van der Waals surface area contributed by atoms with Gasteiger partial charge in [0, 0.05) is 21.1 Å². The molecule has 1 fully saturated rings. The van der Waals surface area contributed by atoms with Gasteiger partial charge < -0.3 is 10.2 Å². The first kappa shape index (κ1) is 13.8. The number of carbonyl (C=O) groups is 2. The molecule has 0 aromatic heterocycles. The summed E-state index contributed by atoms with van der Waals surface area (Å²) in [5.41, 5.74) is 0.600. The number of hydrogen-bond acceptors (Lipinski definition) is 2. The van der Waals surface area contributed by atoms with Gasteiger partial charge in [0.05, 0.1) is 5.56 Å². The summed E-state index contributed by atoms with van der Waals surface area (Å²) >= 11 is 5.55. The van der Waals surface area contributed by atoms with Gasteiger partial charge in [0.25, 0.3) is 5.91 Å². The summed E-state index contributed by atoms with van der Waals surface area (Å²) in [6, 6.07) is 5.18. The fourth-order valence-corrected chi connectivity index (χ4v) is 2.78. The van der Waals surface area contributed by atoms with Gasteiger partial charge in [-0.1, -0.05) is 0 Å². The second-order valence-corrected chi connectivity index (χ2v) is 6.19. The van der Waals surface area contributed by atoms with Crippen LogP contribution < -0.4 is 5.32 Å². The van der Waals surface area contributed by atoms with Gasteiger partial charge >= 0.3 is 0 Å². The highest BCUT2D eigenvalue weighted by Gasteiger charge is 2.30. The van der Waals surface area contributed by atoms with Crippen molar-refractivity contribution in [1.82, 2.24) is 10.2 Å². The molecule has 1 unspecified atom stereocenters. The molecule has 2 amide bonds. The van der Waals surface area contributed by atoms with E-state index in [1.54, 1.807) is 11.8 Å². The number of benzene rings is 1. The summed E-state index contributed by atoms with van der Waals surface area (Å²) in [5, 5.41) is 2.75. The Morgan fingerprint density at radius 1 is 1.56 bits per heavy atom. The van der Waals surface area contributed by atoms with Crippen molar-refractivity contribution in [2.45, 2.75) is 13.0 Å². The maximum Gasteiger partial charge on any atom is 0.255 e. The molecule has 1 heterocycles. The zero-order valence-electron chi connectivity index (χ0n) is 9.74. The number of nitrogens with zero attached hydrogens (tertiary/aromatic N) is 1. The summed E-state index contributed by atoms with van der Waals surface area (Å²) in [4.78, 5) is 25.6.